The minimum Gasteiger partial charge on any atom is -0.496 e. The van der Waals surface area contributed by atoms with Crippen LogP contribution in [0.4, 0.5) is 4.39 Å². The third-order valence-electron chi connectivity index (χ3n) is 4.72. The zero-order valence-corrected chi connectivity index (χ0v) is 16.8. The molecule has 7 nitrogen and oxygen atoms in total. The zero-order chi connectivity index (χ0) is 20.8. The number of piperazine rings is 1. The number of aromatic nitrogens is 1. The summed E-state index contributed by atoms with van der Waals surface area (Å²) >= 11 is 5.84. The quantitative estimate of drug-likeness (QED) is 0.773. The Labute approximate surface area is 173 Å². The van der Waals surface area contributed by atoms with Crippen LogP contribution in [-0.4, -0.2) is 66.4 Å². The van der Waals surface area contributed by atoms with Gasteiger partial charge in [-0.1, -0.05) is 11.6 Å². The number of ether oxygens (including phenoxy) is 1. The molecule has 0 radical (unpaired) electrons. The molecule has 1 N–H and O–H groups in total. The molecule has 2 heterocycles. The number of benzene rings is 1. The average Bonchev–Trinajstić information content (AvgIpc) is 2.72. The Morgan fingerprint density at radius 2 is 1.97 bits per heavy atom. The van der Waals surface area contributed by atoms with Gasteiger partial charge in [-0.05, 0) is 30.3 Å². The molecule has 1 aliphatic rings. The number of pyridine rings is 1. The molecule has 29 heavy (non-hydrogen) atoms. The van der Waals surface area contributed by atoms with Gasteiger partial charge in [-0.2, -0.15) is 0 Å². The van der Waals surface area contributed by atoms with E-state index in [0.29, 0.717) is 43.5 Å². The highest BCUT2D eigenvalue weighted by molar-refractivity contribution is 6.30. The topological polar surface area (TPSA) is 74.8 Å². The molecule has 0 unspecified atom stereocenters. The summed E-state index contributed by atoms with van der Waals surface area (Å²) in [6, 6.07) is 7.47. The van der Waals surface area contributed by atoms with Gasteiger partial charge in [0.2, 0.25) is 5.91 Å². The van der Waals surface area contributed by atoms with Gasteiger partial charge in [-0.3, -0.25) is 19.5 Å². The van der Waals surface area contributed by atoms with Crippen molar-refractivity contribution in [3.63, 3.8) is 0 Å². The molecule has 1 saturated heterocycles. The predicted octanol–water partition coefficient (Wildman–Crippen LogP) is 1.96. The molecule has 0 spiro atoms. The van der Waals surface area contributed by atoms with E-state index in [1.807, 2.05) is 0 Å². The number of carbonyl (C=O) groups is 2. The standard InChI is InChI=1S/C20H22ClFN4O3/c1-29-18-3-2-16(22)10-14(18)13-25-6-8-26(9-7-25)19(27)12-24-20(28)17-11-15(21)4-5-23-17/h2-5,10-11H,6-9,12-13H2,1H3,(H,24,28). The van der Waals surface area contributed by atoms with E-state index in [1.54, 1.807) is 24.1 Å². The van der Waals surface area contributed by atoms with Crippen molar-refractivity contribution in [3.05, 3.63) is 58.6 Å². The summed E-state index contributed by atoms with van der Waals surface area (Å²) in [7, 11) is 1.56. The van der Waals surface area contributed by atoms with E-state index in [1.165, 1.54) is 24.4 Å². The van der Waals surface area contributed by atoms with Crippen molar-refractivity contribution in [1.29, 1.82) is 0 Å². The average molecular weight is 421 g/mol. The maximum Gasteiger partial charge on any atom is 0.270 e. The van der Waals surface area contributed by atoms with E-state index in [4.69, 9.17) is 16.3 Å². The first-order valence-corrected chi connectivity index (χ1v) is 9.56. The van der Waals surface area contributed by atoms with Crippen molar-refractivity contribution in [2.75, 3.05) is 39.8 Å². The first-order valence-electron chi connectivity index (χ1n) is 9.18. The Balaban J connectivity index is 1.47. The fraction of sp³-hybridized carbons (Fsp3) is 0.350. The van der Waals surface area contributed by atoms with Gasteiger partial charge in [0, 0.05) is 49.5 Å². The van der Waals surface area contributed by atoms with Gasteiger partial charge in [0.1, 0.15) is 17.3 Å². The van der Waals surface area contributed by atoms with Gasteiger partial charge in [0.15, 0.2) is 0 Å². The molecule has 1 aliphatic heterocycles. The molecule has 3 rings (SSSR count). The number of nitrogens with one attached hydrogen (secondary N) is 1. The molecule has 0 bridgehead atoms. The third-order valence-corrected chi connectivity index (χ3v) is 4.95. The van der Waals surface area contributed by atoms with Crippen LogP contribution >= 0.6 is 11.6 Å². The third kappa shape index (κ3) is 5.65. The van der Waals surface area contributed by atoms with Gasteiger partial charge >= 0.3 is 0 Å². The fourth-order valence-corrected chi connectivity index (χ4v) is 3.31. The van der Waals surface area contributed by atoms with E-state index >= 15 is 0 Å². The van der Waals surface area contributed by atoms with Crippen LogP contribution in [0.2, 0.25) is 5.02 Å². The van der Waals surface area contributed by atoms with Crippen LogP contribution in [0.3, 0.4) is 0 Å². The Bertz CT molecular complexity index is 888. The molecule has 0 aliphatic carbocycles. The lowest BCUT2D eigenvalue weighted by atomic mass is 10.1. The van der Waals surface area contributed by atoms with Gasteiger partial charge in [0.25, 0.3) is 5.91 Å². The zero-order valence-electron chi connectivity index (χ0n) is 16.0. The van der Waals surface area contributed by atoms with Crippen LogP contribution in [0.5, 0.6) is 5.75 Å². The lowest BCUT2D eigenvalue weighted by Gasteiger charge is -2.35. The van der Waals surface area contributed by atoms with Crippen LogP contribution in [0.25, 0.3) is 0 Å². The Hall–Kier alpha value is -2.71. The molecule has 1 aromatic carbocycles. The maximum absolute atomic E-state index is 13.5. The van der Waals surface area contributed by atoms with E-state index in [0.717, 1.165) is 5.56 Å². The van der Waals surface area contributed by atoms with Crippen LogP contribution in [0.1, 0.15) is 16.1 Å². The number of carbonyl (C=O) groups excluding carboxylic acids is 2. The molecule has 1 aromatic heterocycles. The van der Waals surface area contributed by atoms with E-state index in [2.05, 4.69) is 15.2 Å². The second-order valence-corrected chi connectivity index (χ2v) is 7.09. The van der Waals surface area contributed by atoms with Crippen LogP contribution < -0.4 is 10.1 Å². The Morgan fingerprint density at radius 3 is 2.66 bits per heavy atom. The van der Waals surface area contributed by atoms with Gasteiger partial charge in [-0.15, -0.1) is 0 Å². The second-order valence-electron chi connectivity index (χ2n) is 6.66. The highest BCUT2D eigenvalue weighted by atomic mass is 35.5. The van der Waals surface area contributed by atoms with Crippen molar-refractivity contribution >= 4 is 23.4 Å². The lowest BCUT2D eigenvalue weighted by Crippen LogP contribution is -2.50. The molecule has 9 heteroatoms. The first kappa shape index (κ1) is 21.0. The lowest BCUT2D eigenvalue weighted by molar-refractivity contribution is -0.131. The molecular formula is C20H22ClFN4O3. The van der Waals surface area contributed by atoms with Crippen LogP contribution in [0.15, 0.2) is 36.5 Å². The molecule has 0 atom stereocenters. The number of methoxy groups -OCH3 is 1. The smallest absolute Gasteiger partial charge is 0.270 e. The summed E-state index contributed by atoms with van der Waals surface area (Å²) in [5, 5.41) is 2.98. The molecule has 2 aromatic rings. The Kier molecular flexibility index (Phi) is 7.00. The summed E-state index contributed by atoms with van der Waals surface area (Å²) in [5.41, 5.74) is 0.938. The van der Waals surface area contributed by atoms with E-state index < -0.39 is 5.91 Å². The van der Waals surface area contributed by atoms with Crippen molar-refractivity contribution in [2.24, 2.45) is 0 Å². The number of hydrogen-bond acceptors (Lipinski definition) is 5. The van der Waals surface area contributed by atoms with Crippen molar-refractivity contribution < 1.29 is 18.7 Å². The van der Waals surface area contributed by atoms with E-state index in [9.17, 15) is 14.0 Å². The fourth-order valence-electron chi connectivity index (χ4n) is 3.15. The van der Waals surface area contributed by atoms with Gasteiger partial charge in [-0.25, -0.2) is 4.39 Å². The van der Waals surface area contributed by atoms with E-state index in [-0.39, 0.29) is 24.0 Å². The molecule has 0 saturated carbocycles. The van der Waals surface area contributed by atoms with Crippen molar-refractivity contribution in [1.82, 2.24) is 20.1 Å². The summed E-state index contributed by atoms with van der Waals surface area (Å²) < 4.78 is 18.8. The number of hydrogen-bond donors (Lipinski definition) is 1. The second kappa shape index (κ2) is 9.67. The predicted molar refractivity (Wildman–Crippen MR) is 106 cm³/mol. The summed E-state index contributed by atoms with van der Waals surface area (Å²) in [6.07, 6.45) is 1.44. The Morgan fingerprint density at radius 1 is 1.21 bits per heavy atom. The largest absolute Gasteiger partial charge is 0.496 e. The van der Waals surface area contributed by atoms with Crippen LogP contribution in [-0.2, 0) is 11.3 Å². The summed E-state index contributed by atoms with van der Waals surface area (Å²) in [4.78, 5) is 32.2. The highest BCUT2D eigenvalue weighted by Crippen LogP contribution is 2.21. The number of nitrogens with zero attached hydrogens (tertiary/aromatic N) is 3. The highest BCUT2D eigenvalue weighted by Gasteiger charge is 2.22. The summed E-state index contributed by atoms with van der Waals surface area (Å²) in [5.74, 6) is -0.275. The number of amides is 2. The molecule has 2 amide bonds. The summed E-state index contributed by atoms with van der Waals surface area (Å²) in [6.45, 7) is 2.79. The normalized spacial score (nSPS) is 14.5. The van der Waals surface area contributed by atoms with Gasteiger partial charge in [0.05, 0.1) is 13.7 Å². The van der Waals surface area contributed by atoms with Crippen LogP contribution in [0, 0.1) is 5.82 Å². The van der Waals surface area contributed by atoms with Crippen molar-refractivity contribution in [3.8, 4) is 5.75 Å². The molecular weight excluding hydrogens is 399 g/mol. The monoisotopic (exact) mass is 420 g/mol. The maximum atomic E-state index is 13.5. The van der Waals surface area contributed by atoms with Gasteiger partial charge < -0.3 is 15.0 Å². The first-order chi connectivity index (χ1) is 14.0. The number of rotatable bonds is 6. The molecule has 154 valence electrons. The minimum absolute atomic E-state index is 0.106. The minimum atomic E-state index is -0.447. The molecule has 1 fully saturated rings. The number of halogens is 2. The SMILES string of the molecule is COc1ccc(F)cc1CN1CCN(C(=O)CNC(=O)c2cc(Cl)ccn2)CC1. The van der Waals surface area contributed by atoms with Crippen molar-refractivity contribution in [2.45, 2.75) is 6.54 Å².